The molecule has 0 aliphatic rings. The second-order valence-corrected chi connectivity index (χ2v) is 4.78. The van der Waals surface area contributed by atoms with Gasteiger partial charge in [-0.2, -0.15) is 0 Å². The highest BCUT2D eigenvalue weighted by Crippen LogP contribution is 2.34. The molecule has 0 spiro atoms. The van der Waals surface area contributed by atoms with Gasteiger partial charge in [-0.1, -0.05) is 0 Å². The van der Waals surface area contributed by atoms with Crippen molar-refractivity contribution < 1.29 is 24.5 Å². The molecular weight excluding hydrogens is 330 g/mol. The van der Waals surface area contributed by atoms with E-state index in [1.165, 1.54) is 19.1 Å². The van der Waals surface area contributed by atoms with Crippen molar-refractivity contribution in [3.05, 3.63) is 22.2 Å². The lowest BCUT2D eigenvalue weighted by Crippen LogP contribution is -2.36. The van der Waals surface area contributed by atoms with Crippen LogP contribution in [0.4, 0.5) is 0 Å². The quantitative estimate of drug-likeness (QED) is 0.765. The molecule has 0 radical (unpaired) electrons. The summed E-state index contributed by atoms with van der Waals surface area (Å²) in [5.41, 5.74) is 0.306. The predicted molar refractivity (Wildman–Crippen MR) is 77.3 cm³/mol. The van der Waals surface area contributed by atoms with E-state index >= 15 is 0 Å². The summed E-state index contributed by atoms with van der Waals surface area (Å²) in [5, 5.41) is 18.0. The fraction of sp³-hybridized carbons (Fsp3) is 0.462. The van der Waals surface area contributed by atoms with Crippen molar-refractivity contribution in [1.82, 2.24) is 4.90 Å². The number of nitrogens with zero attached hydrogens (tertiary/aromatic N) is 1. The fourth-order valence-corrected chi connectivity index (χ4v) is 2.38. The van der Waals surface area contributed by atoms with E-state index in [1.807, 2.05) is 0 Å². The molecule has 0 heterocycles. The Labute approximate surface area is 126 Å². The fourth-order valence-electron chi connectivity index (χ4n) is 1.78. The van der Waals surface area contributed by atoms with Crippen molar-refractivity contribution in [3.8, 4) is 11.5 Å². The molecule has 0 aromatic heterocycles. The number of halogens is 1. The number of amides is 1. The normalized spacial score (nSPS) is 10.2. The summed E-state index contributed by atoms with van der Waals surface area (Å²) >= 11 is 3.32. The van der Waals surface area contributed by atoms with Gasteiger partial charge in [0.2, 0.25) is 0 Å². The van der Waals surface area contributed by atoms with Crippen molar-refractivity contribution >= 4 is 21.8 Å². The van der Waals surface area contributed by atoms with E-state index in [-0.39, 0.29) is 32.2 Å². The first-order valence-corrected chi connectivity index (χ1v) is 6.80. The number of aliphatic hydroxyl groups excluding tert-OH is 2. The van der Waals surface area contributed by atoms with Gasteiger partial charge in [-0.15, -0.1) is 0 Å². The van der Waals surface area contributed by atoms with Crippen LogP contribution in [0.15, 0.2) is 16.6 Å². The van der Waals surface area contributed by atoms with E-state index in [1.54, 1.807) is 12.1 Å². The Balaban J connectivity index is 3.20. The van der Waals surface area contributed by atoms with Gasteiger partial charge in [0.1, 0.15) is 11.5 Å². The molecule has 0 bridgehead atoms. The van der Waals surface area contributed by atoms with Crippen LogP contribution >= 0.6 is 15.9 Å². The molecule has 0 atom stereocenters. The van der Waals surface area contributed by atoms with Crippen molar-refractivity contribution in [2.24, 2.45) is 0 Å². The predicted octanol–water partition coefficient (Wildman–Crippen LogP) is 0.893. The summed E-state index contributed by atoms with van der Waals surface area (Å²) in [5.74, 6) is 0.551. The van der Waals surface area contributed by atoms with E-state index < -0.39 is 0 Å². The first-order chi connectivity index (χ1) is 9.58. The number of hydrogen-bond acceptors (Lipinski definition) is 5. The third kappa shape index (κ3) is 3.84. The Morgan fingerprint density at radius 2 is 1.80 bits per heavy atom. The highest BCUT2D eigenvalue weighted by molar-refractivity contribution is 9.10. The number of rotatable bonds is 7. The van der Waals surface area contributed by atoms with Crippen molar-refractivity contribution in [2.45, 2.75) is 0 Å². The molecule has 1 aromatic rings. The van der Waals surface area contributed by atoms with Crippen LogP contribution in [0.5, 0.6) is 11.5 Å². The van der Waals surface area contributed by atoms with Gasteiger partial charge in [0.05, 0.1) is 37.5 Å². The van der Waals surface area contributed by atoms with Crippen molar-refractivity contribution in [1.29, 1.82) is 0 Å². The SMILES string of the molecule is COc1cc(Br)c(OC)c(C(=O)N(CCO)CCO)c1. The second kappa shape index (κ2) is 8.08. The third-order valence-corrected chi connectivity index (χ3v) is 3.30. The number of hydrogen-bond donors (Lipinski definition) is 2. The summed E-state index contributed by atoms with van der Waals surface area (Å²) in [7, 11) is 2.97. The van der Waals surface area contributed by atoms with Gasteiger partial charge in [-0.05, 0) is 28.1 Å². The summed E-state index contributed by atoms with van der Waals surface area (Å²) in [6.07, 6.45) is 0. The Bertz CT molecular complexity index is 460. The maximum Gasteiger partial charge on any atom is 0.257 e. The molecule has 6 nitrogen and oxygen atoms in total. The Morgan fingerprint density at radius 3 is 2.25 bits per heavy atom. The summed E-state index contributed by atoms with van der Waals surface area (Å²) in [6.45, 7) is -0.0901. The minimum Gasteiger partial charge on any atom is -0.497 e. The molecule has 0 aliphatic carbocycles. The van der Waals surface area contributed by atoms with E-state index in [4.69, 9.17) is 19.7 Å². The van der Waals surface area contributed by atoms with Gasteiger partial charge in [0.15, 0.2) is 0 Å². The zero-order chi connectivity index (χ0) is 15.1. The van der Waals surface area contributed by atoms with Crippen LogP contribution in [-0.4, -0.2) is 61.5 Å². The molecule has 2 N–H and O–H groups in total. The van der Waals surface area contributed by atoms with Crippen LogP contribution in [-0.2, 0) is 0 Å². The van der Waals surface area contributed by atoms with Crippen molar-refractivity contribution in [3.63, 3.8) is 0 Å². The van der Waals surface area contributed by atoms with Crippen LogP contribution in [0.2, 0.25) is 0 Å². The molecule has 20 heavy (non-hydrogen) atoms. The van der Waals surface area contributed by atoms with Gasteiger partial charge in [0, 0.05) is 13.1 Å². The molecular formula is C13H18BrNO5. The standard InChI is InChI=1S/C13H18BrNO5/c1-19-9-7-10(12(20-2)11(14)8-9)13(18)15(3-5-16)4-6-17/h7-8,16-17H,3-6H2,1-2H3. The van der Waals surface area contributed by atoms with Crippen LogP contribution in [0.25, 0.3) is 0 Å². The average molecular weight is 348 g/mol. The molecule has 7 heteroatoms. The van der Waals surface area contributed by atoms with E-state index in [9.17, 15) is 4.79 Å². The lowest BCUT2D eigenvalue weighted by atomic mass is 10.1. The molecule has 0 unspecified atom stereocenters. The largest absolute Gasteiger partial charge is 0.497 e. The third-order valence-electron chi connectivity index (χ3n) is 2.71. The first kappa shape index (κ1) is 16.7. The maximum absolute atomic E-state index is 12.5. The van der Waals surface area contributed by atoms with Gasteiger partial charge < -0.3 is 24.6 Å². The number of methoxy groups -OCH3 is 2. The maximum atomic E-state index is 12.5. The Kier molecular flexibility index (Phi) is 6.77. The molecule has 1 aromatic carbocycles. The Morgan fingerprint density at radius 1 is 1.20 bits per heavy atom. The zero-order valence-electron chi connectivity index (χ0n) is 11.4. The van der Waals surface area contributed by atoms with E-state index in [2.05, 4.69) is 15.9 Å². The highest BCUT2D eigenvalue weighted by Gasteiger charge is 2.22. The number of benzene rings is 1. The van der Waals surface area contributed by atoms with Crippen LogP contribution in [0.1, 0.15) is 10.4 Å². The molecule has 0 saturated carbocycles. The summed E-state index contributed by atoms with van der Waals surface area (Å²) in [6, 6.07) is 3.26. The molecule has 0 saturated heterocycles. The molecule has 112 valence electrons. The lowest BCUT2D eigenvalue weighted by molar-refractivity contribution is 0.0681. The van der Waals surface area contributed by atoms with E-state index in [0.717, 1.165) is 0 Å². The van der Waals surface area contributed by atoms with Gasteiger partial charge in [0.25, 0.3) is 5.91 Å². The van der Waals surface area contributed by atoms with Gasteiger partial charge >= 0.3 is 0 Å². The van der Waals surface area contributed by atoms with Crippen LogP contribution in [0.3, 0.4) is 0 Å². The zero-order valence-corrected chi connectivity index (χ0v) is 13.0. The molecule has 1 amide bonds. The molecule has 0 aliphatic heterocycles. The van der Waals surface area contributed by atoms with Crippen LogP contribution in [0, 0.1) is 0 Å². The smallest absolute Gasteiger partial charge is 0.257 e. The van der Waals surface area contributed by atoms with Gasteiger partial charge in [-0.25, -0.2) is 0 Å². The lowest BCUT2D eigenvalue weighted by Gasteiger charge is -2.22. The number of ether oxygens (including phenoxy) is 2. The second-order valence-electron chi connectivity index (χ2n) is 3.93. The Hall–Kier alpha value is -1.31. The van der Waals surface area contributed by atoms with E-state index in [0.29, 0.717) is 21.5 Å². The molecule has 1 rings (SSSR count). The summed E-state index contributed by atoms with van der Waals surface area (Å²) in [4.78, 5) is 13.8. The van der Waals surface area contributed by atoms with Gasteiger partial charge in [-0.3, -0.25) is 4.79 Å². The first-order valence-electron chi connectivity index (χ1n) is 6.01. The topological polar surface area (TPSA) is 79.2 Å². The number of carbonyl (C=O) groups is 1. The average Bonchev–Trinajstić information content (AvgIpc) is 2.45. The monoisotopic (exact) mass is 347 g/mol. The van der Waals surface area contributed by atoms with Crippen LogP contribution < -0.4 is 9.47 Å². The van der Waals surface area contributed by atoms with Crippen molar-refractivity contribution in [2.75, 3.05) is 40.5 Å². The minimum atomic E-state index is -0.343. The number of carbonyl (C=O) groups excluding carboxylic acids is 1. The highest BCUT2D eigenvalue weighted by atomic mass is 79.9. The minimum absolute atomic E-state index is 0.136. The summed E-state index contributed by atoms with van der Waals surface area (Å²) < 4.78 is 11.0. The molecule has 0 fully saturated rings. The number of aliphatic hydroxyl groups is 2.